The molecule has 21 heavy (non-hydrogen) atoms. The molecule has 0 unspecified atom stereocenters. The fourth-order valence-corrected chi connectivity index (χ4v) is 1.84. The van der Waals surface area contributed by atoms with Crippen molar-refractivity contribution >= 4 is 29.0 Å². The zero-order chi connectivity index (χ0) is 16.0. The van der Waals surface area contributed by atoms with Gasteiger partial charge in [-0.15, -0.1) is 0 Å². The van der Waals surface area contributed by atoms with E-state index in [1.165, 1.54) is 18.2 Å². The summed E-state index contributed by atoms with van der Waals surface area (Å²) in [5.41, 5.74) is -0.989. The minimum Gasteiger partial charge on any atom is -0.388 e. The Balaban J connectivity index is 2.67. The van der Waals surface area contributed by atoms with Crippen molar-refractivity contribution in [2.75, 3.05) is 11.9 Å². The van der Waals surface area contributed by atoms with Crippen molar-refractivity contribution in [3.8, 4) is 0 Å². The van der Waals surface area contributed by atoms with Crippen LogP contribution in [0, 0.1) is 10.1 Å². The second kappa shape index (κ2) is 7.24. The maximum absolute atomic E-state index is 11.7. The van der Waals surface area contributed by atoms with Crippen LogP contribution in [-0.2, 0) is 0 Å². The number of carbonyl (C=O) groups is 1. The van der Waals surface area contributed by atoms with Crippen LogP contribution in [0.1, 0.15) is 26.7 Å². The van der Waals surface area contributed by atoms with E-state index in [9.17, 15) is 20.0 Å². The van der Waals surface area contributed by atoms with Gasteiger partial charge in [0, 0.05) is 18.3 Å². The first-order valence-electron chi connectivity index (χ1n) is 6.52. The van der Waals surface area contributed by atoms with Crippen LogP contribution < -0.4 is 10.6 Å². The highest BCUT2D eigenvalue weighted by molar-refractivity contribution is 6.32. The molecule has 0 aromatic heterocycles. The molecule has 0 heterocycles. The Hall–Kier alpha value is -1.86. The van der Waals surface area contributed by atoms with Gasteiger partial charge in [0.15, 0.2) is 0 Å². The van der Waals surface area contributed by atoms with Crippen molar-refractivity contribution in [2.24, 2.45) is 0 Å². The normalized spacial score (nSPS) is 11.0. The first-order chi connectivity index (χ1) is 9.81. The van der Waals surface area contributed by atoms with E-state index in [0.717, 1.165) is 0 Å². The Morgan fingerprint density at radius 3 is 2.57 bits per heavy atom. The number of nitrogens with one attached hydrogen (secondary N) is 2. The first kappa shape index (κ1) is 17.2. The molecule has 116 valence electrons. The third kappa shape index (κ3) is 4.87. The van der Waals surface area contributed by atoms with E-state index in [-0.39, 0.29) is 22.9 Å². The lowest BCUT2D eigenvalue weighted by molar-refractivity contribution is -0.384. The van der Waals surface area contributed by atoms with Crippen LogP contribution >= 0.6 is 11.6 Å². The van der Waals surface area contributed by atoms with Crippen molar-refractivity contribution in [3.05, 3.63) is 33.3 Å². The molecule has 3 N–H and O–H groups in total. The molecule has 0 aliphatic heterocycles. The summed E-state index contributed by atoms with van der Waals surface area (Å²) in [7, 11) is 0. The molecule has 8 heteroatoms. The summed E-state index contributed by atoms with van der Waals surface area (Å²) in [6.07, 6.45) is 1.02. The Labute approximate surface area is 127 Å². The van der Waals surface area contributed by atoms with E-state index >= 15 is 0 Å². The molecule has 0 fully saturated rings. The number of halogens is 1. The zero-order valence-corrected chi connectivity index (χ0v) is 12.6. The molecule has 0 saturated heterocycles. The van der Waals surface area contributed by atoms with Gasteiger partial charge in [0.25, 0.3) is 5.69 Å². The van der Waals surface area contributed by atoms with Crippen molar-refractivity contribution in [2.45, 2.75) is 32.3 Å². The Morgan fingerprint density at radius 1 is 1.43 bits per heavy atom. The highest BCUT2D eigenvalue weighted by atomic mass is 35.5. The van der Waals surface area contributed by atoms with Gasteiger partial charge in [0.05, 0.1) is 10.5 Å². The lowest BCUT2D eigenvalue weighted by Crippen LogP contribution is -2.43. The lowest BCUT2D eigenvalue weighted by Gasteiger charge is -2.25. The number of aliphatic hydroxyl groups is 1. The molecule has 0 atom stereocenters. The molecular formula is C13H18ClN3O4. The molecule has 0 aliphatic rings. The van der Waals surface area contributed by atoms with Crippen molar-refractivity contribution in [1.82, 2.24) is 5.32 Å². The molecule has 0 radical (unpaired) electrons. The highest BCUT2D eigenvalue weighted by Crippen LogP contribution is 2.27. The predicted molar refractivity (Wildman–Crippen MR) is 80.7 cm³/mol. The van der Waals surface area contributed by atoms with Crippen LogP contribution in [0.15, 0.2) is 18.2 Å². The van der Waals surface area contributed by atoms with E-state index < -0.39 is 16.6 Å². The second-order valence-corrected chi connectivity index (χ2v) is 5.07. The van der Waals surface area contributed by atoms with Gasteiger partial charge in [-0.05, 0) is 25.0 Å². The van der Waals surface area contributed by atoms with E-state index in [1.807, 2.05) is 13.8 Å². The topological polar surface area (TPSA) is 104 Å². The molecule has 1 aromatic carbocycles. The molecule has 1 rings (SSSR count). The van der Waals surface area contributed by atoms with E-state index in [4.69, 9.17) is 11.6 Å². The van der Waals surface area contributed by atoms with Gasteiger partial charge in [0.2, 0.25) is 0 Å². The minimum atomic E-state index is -0.955. The lowest BCUT2D eigenvalue weighted by atomic mass is 9.98. The number of carbonyl (C=O) groups excluding carboxylic acids is 1. The van der Waals surface area contributed by atoms with Gasteiger partial charge in [-0.2, -0.15) is 0 Å². The van der Waals surface area contributed by atoms with Crippen molar-refractivity contribution < 1.29 is 14.8 Å². The average molecular weight is 316 g/mol. The third-order valence-electron chi connectivity index (χ3n) is 3.29. The number of hydrogen-bond donors (Lipinski definition) is 3. The number of hydrogen-bond acceptors (Lipinski definition) is 4. The van der Waals surface area contributed by atoms with Crippen LogP contribution in [-0.4, -0.2) is 28.2 Å². The number of benzene rings is 1. The third-order valence-corrected chi connectivity index (χ3v) is 3.61. The molecule has 0 spiro atoms. The minimum absolute atomic E-state index is 0.00250. The molecular weight excluding hydrogens is 298 g/mol. The van der Waals surface area contributed by atoms with Crippen LogP contribution in [0.4, 0.5) is 16.2 Å². The van der Waals surface area contributed by atoms with E-state index in [2.05, 4.69) is 10.6 Å². The van der Waals surface area contributed by atoms with Crippen LogP contribution in [0.2, 0.25) is 5.02 Å². The maximum Gasteiger partial charge on any atom is 0.319 e. The van der Waals surface area contributed by atoms with Gasteiger partial charge in [-0.25, -0.2) is 4.79 Å². The Kier molecular flexibility index (Phi) is 5.92. The number of amides is 2. The number of nitro benzene ring substituents is 1. The number of nitro groups is 1. The zero-order valence-electron chi connectivity index (χ0n) is 11.9. The summed E-state index contributed by atoms with van der Waals surface area (Å²) in [5, 5.41) is 25.8. The number of urea groups is 1. The average Bonchev–Trinajstić information content (AvgIpc) is 2.46. The van der Waals surface area contributed by atoms with Crippen LogP contribution in [0.25, 0.3) is 0 Å². The van der Waals surface area contributed by atoms with Crippen LogP contribution in [0.3, 0.4) is 0 Å². The number of anilines is 1. The molecule has 1 aromatic rings. The highest BCUT2D eigenvalue weighted by Gasteiger charge is 2.23. The van der Waals surface area contributed by atoms with Gasteiger partial charge in [0.1, 0.15) is 5.02 Å². The predicted octanol–water partition coefficient (Wildman–Crippen LogP) is 2.92. The fourth-order valence-electron chi connectivity index (χ4n) is 1.65. The summed E-state index contributed by atoms with van der Waals surface area (Å²) in [6.45, 7) is 3.75. The number of rotatable bonds is 6. The van der Waals surface area contributed by atoms with Gasteiger partial charge in [-0.1, -0.05) is 25.4 Å². The van der Waals surface area contributed by atoms with E-state index in [0.29, 0.717) is 12.8 Å². The monoisotopic (exact) mass is 315 g/mol. The first-order valence-corrected chi connectivity index (χ1v) is 6.90. The summed E-state index contributed by atoms with van der Waals surface area (Å²) in [5.74, 6) is 0. The Bertz CT molecular complexity index is 532. The molecule has 0 saturated carbocycles. The van der Waals surface area contributed by atoms with E-state index in [1.54, 1.807) is 0 Å². The van der Waals surface area contributed by atoms with Crippen molar-refractivity contribution in [1.29, 1.82) is 0 Å². The summed E-state index contributed by atoms with van der Waals surface area (Å²) in [6, 6.07) is 3.42. The second-order valence-electron chi connectivity index (χ2n) is 4.66. The van der Waals surface area contributed by atoms with Gasteiger partial charge >= 0.3 is 6.03 Å². The summed E-state index contributed by atoms with van der Waals surface area (Å²) >= 11 is 5.68. The van der Waals surface area contributed by atoms with Gasteiger partial charge in [-0.3, -0.25) is 10.1 Å². The molecule has 2 amide bonds. The quantitative estimate of drug-likeness (QED) is 0.554. The Morgan fingerprint density at radius 2 is 2.05 bits per heavy atom. The standard InChI is InChI=1S/C13H18ClN3O4/c1-3-13(19,4-2)8-15-12(18)16-9-5-6-10(14)11(7-9)17(20)21/h5-7,19H,3-4,8H2,1-2H3,(H2,15,16,18). The van der Waals surface area contributed by atoms with Crippen molar-refractivity contribution in [3.63, 3.8) is 0 Å². The van der Waals surface area contributed by atoms with Gasteiger partial charge < -0.3 is 15.7 Å². The van der Waals surface area contributed by atoms with Crippen LogP contribution in [0.5, 0.6) is 0 Å². The number of nitrogens with zero attached hydrogens (tertiary/aromatic N) is 1. The largest absolute Gasteiger partial charge is 0.388 e. The smallest absolute Gasteiger partial charge is 0.319 e. The molecule has 0 aliphatic carbocycles. The fraction of sp³-hybridized carbons (Fsp3) is 0.462. The SMILES string of the molecule is CCC(O)(CC)CNC(=O)Nc1ccc(Cl)c([N+](=O)[O-])c1. The maximum atomic E-state index is 11.7. The summed E-state index contributed by atoms with van der Waals surface area (Å²) < 4.78 is 0. The molecule has 0 bridgehead atoms. The molecule has 7 nitrogen and oxygen atoms in total. The summed E-state index contributed by atoms with van der Waals surface area (Å²) in [4.78, 5) is 21.8.